The highest BCUT2D eigenvalue weighted by Crippen LogP contribution is 2.20. The quantitative estimate of drug-likeness (QED) is 0.608. The zero-order chi connectivity index (χ0) is 8.72. The topological polar surface area (TPSA) is 15.8 Å². The maximum Gasteiger partial charge on any atom is 0.0485 e. The van der Waals surface area contributed by atoms with E-state index >= 15 is 0 Å². The fourth-order valence-electron chi connectivity index (χ4n) is 1.75. The molecule has 0 aliphatic rings. The Kier molecular flexibility index (Phi) is 1.47. The summed E-state index contributed by atoms with van der Waals surface area (Å²) in [7, 11) is 0. The van der Waals surface area contributed by atoms with Crippen LogP contribution in [0.4, 0.5) is 0 Å². The van der Waals surface area contributed by atoms with Crippen molar-refractivity contribution in [2.45, 2.75) is 20.8 Å². The second kappa shape index (κ2) is 2.37. The van der Waals surface area contributed by atoms with Gasteiger partial charge in [-0.3, -0.25) is 0 Å². The Morgan fingerprint density at radius 2 is 1.75 bits per heavy atom. The molecule has 0 aliphatic carbocycles. The van der Waals surface area contributed by atoms with E-state index in [0.717, 1.165) is 0 Å². The third-order valence-electron chi connectivity index (χ3n) is 2.20. The van der Waals surface area contributed by atoms with Crippen molar-refractivity contribution in [1.29, 1.82) is 0 Å². The fraction of sp³-hybridized carbons (Fsp3) is 0.273. The molecule has 1 nitrogen and oxygen atoms in total. The van der Waals surface area contributed by atoms with Crippen LogP contribution in [0.5, 0.6) is 0 Å². The van der Waals surface area contributed by atoms with Gasteiger partial charge in [-0.15, -0.1) is 0 Å². The molecule has 0 atom stereocenters. The van der Waals surface area contributed by atoms with Crippen molar-refractivity contribution in [2.24, 2.45) is 0 Å². The highest BCUT2D eigenvalue weighted by atomic mass is 14.7. The lowest BCUT2D eigenvalue weighted by Gasteiger charge is -1.97. The Hall–Kier alpha value is -1.24. The maximum absolute atomic E-state index is 3.35. The predicted octanol–water partition coefficient (Wildman–Crippen LogP) is 3.09. The van der Waals surface area contributed by atoms with Gasteiger partial charge in [0.1, 0.15) is 0 Å². The van der Waals surface area contributed by atoms with Crippen LogP contribution in [0.25, 0.3) is 10.9 Å². The van der Waals surface area contributed by atoms with Crippen molar-refractivity contribution in [3.8, 4) is 0 Å². The molecule has 0 aliphatic heterocycles. The summed E-state index contributed by atoms with van der Waals surface area (Å²) in [5.41, 5.74) is 5.17. The monoisotopic (exact) mass is 159 g/mol. The van der Waals surface area contributed by atoms with E-state index in [9.17, 15) is 0 Å². The first-order valence-corrected chi connectivity index (χ1v) is 4.23. The summed E-state index contributed by atoms with van der Waals surface area (Å²) in [4.78, 5) is 3.35. The van der Waals surface area contributed by atoms with Crippen LogP contribution in [0.15, 0.2) is 18.2 Å². The van der Waals surface area contributed by atoms with Crippen molar-refractivity contribution in [1.82, 2.24) is 4.98 Å². The average molecular weight is 159 g/mol. The first kappa shape index (κ1) is 7.41. The Morgan fingerprint density at radius 1 is 1.00 bits per heavy atom. The molecule has 1 aromatic carbocycles. The summed E-state index contributed by atoms with van der Waals surface area (Å²) >= 11 is 0. The van der Waals surface area contributed by atoms with Gasteiger partial charge in [-0.25, -0.2) is 0 Å². The highest BCUT2D eigenvalue weighted by Gasteiger charge is 2.00. The number of rotatable bonds is 0. The van der Waals surface area contributed by atoms with Crippen LogP contribution in [0, 0.1) is 20.8 Å². The highest BCUT2D eigenvalue weighted by molar-refractivity contribution is 5.84. The number of benzene rings is 1. The van der Waals surface area contributed by atoms with Gasteiger partial charge in [-0.1, -0.05) is 11.6 Å². The molecule has 0 spiro atoms. The standard InChI is InChI=1S/C11H13N/c1-7-4-8(2)11-10(5-7)6-9(3)12-11/h4-6,12H,1-3H3. The molecule has 0 unspecified atom stereocenters. The van der Waals surface area contributed by atoms with Crippen LogP contribution in [-0.2, 0) is 0 Å². The molecule has 1 aromatic heterocycles. The van der Waals surface area contributed by atoms with E-state index < -0.39 is 0 Å². The number of H-pyrrole nitrogens is 1. The fourth-order valence-corrected chi connectivity index (χ4v) is 1.75. The van der Waals surface area contributed by atoms with Crippen LogP contribution in [-0.4, -0.2) is 4.98 Å². The zero-order valence-corrected chi connectivity index (χ0v) is 7.73. The molecule has 0 radical (unpaired) electrons. The van der Waals surface area contributed by atoms with Gasteiger partial charge >= 0.3 is 0 Å². The summed E-state index contributed by atoms with van der Waals surface area (Å²) in [5, 5.41) is 1.32. The number of hydrogen-bond acceptors (Lipinski definition) is 0. The molecule has 0 fully saturated rings. The number of fused-ring (bicyclic) bond motifs is 1. The largest absolute Gasteiger partial charge is 0.358 e. The molecule has 0 amide bonds. The summed E-state index contributed by atoms with van der Waals surface area (Å²) in [6.45, 7) is 6.37. The second-order valence-electron chi connectivity index (χ2n) is 3.50. The van der Waals surface area contributed by atoms with Gasteiger partial charge in [0.25, 0.3) is 0 Å². The average Bonchev–Trinajstić information content (AvgIpc) is 2.29. The van der Waals surface area contributed by atoms with Crippen LogP contribution in [0.1, 0.15) is 16.8 Å². The van der Waals surface area contributed by atoms with E-state index in [4.69, 9.17) is 0 Å². The SMILES string of the molecule is Cc1cc(C)c2[nH]c(C)cc2c1. The lowest BCUT2D eigenvalue weighted by Crippen LogP contribution is -1.78. The summed E-state index contributed by atoms with van der Waals surface area (Å²) in [5.74, 6) is 0. The lowest BCUT2D eigenvalue weighted by atomic mass is 10.1. The first-order chi connectivity index (χ1) is 5.66. The smallest absolute Gasteiger partial charge is 0.0485 e. The van der Waals surface area contributed by atoms with Gasteiger partial charge in [0.15, 0.2) is 0 Å². The van der Waals surface area contributed by atoms with Gasteiger partial charge in [0.2, 0.25) is 0 Å². The van der Waals surface area contributed by atoms with Gasteiger partial charge in [0, 0.05) is 16.6 Å². The molecule has 0 bridgehead atoms. The molecule has 1 heterocycles. The number of nitrogens with one attached hydrogen (secondary N) is 1. The zero-order valence-electron chi connectivity index (χ0n) is 7.73. The molecule has 62 valence electrons. The van der Waals surface area contributed by atoms with Crippen molar-refractivity contribution >= 4 is 10.9 Å². The summed E-state index contributed by atoms with van der Waals surface area (Å²) in [6, 6.07) is 6.61. The molecular weight excluding hydrogens is 146 g/mol. The van der Waals surface area contributed by atoms with E-state index in [1.165, 1.54) is 27.7 Å². The van der Waals surface area contributed by atoms with E-state index in [1.54, 1.807) is 0 Å². The molecule has 2 aromatic rings. The molecule has 2 rings (SSSR count). The molecule has 0 saturated heterocycles. The number of aromatic nitrogens is 1. The van der Waals surface area contributed by atoms with Crippen molar-refractivity contribution in [3.05, 3.63) is 35.0 Å². The van der Waals surface area contributed by atoms with Gasteiger partial charge in [-0.2, -0.15) is 0 Å². The summed E-state index contributed by atoms with van der Waals surface area (Å²) in [6.07, 6.45) is 0. The Morgan fingerprint density at radius 3 is 2.50 bits per heavy atom. The Bertz CT molecular complexity index is 424. The van der Waals surface area contributed by atoms with Crippen molar-refractivity contribution < 1.29 is 0 Å². The van der Waals surface area contributed by atoms with Crippen LogP contribution in [0.2, 0.25) is 0 Å². The predicted molar refractivity (Wildman–Crippen MR) is 52.5 cm³/mol. The second-order valence-corrected chi connectivity index (χ2v) is 3.50. The summed E-state index contributed by atoms with van der Waals surface area (Å²) < 4.78 is 0. The Balaban J connectivity index is 2.88. The van der Waals surface area contributed by atoms with Gasteiger partial charge in [-0.05, 0) is 38.5 Å². The third-order valence-corrected chi connectivity index (χ3v) is 2.20. The maximum atomic E-state index is 3.35. The van der Waals surface area contributed by atoms with Crippen molar-refractivity contribution in [2.75, 3.05) is 0 Å². The number of aryl methyl sites for hydroxylation is 3. The van der Waals surface area contributed by atoms with E-state index in [2.05, 4.69) is 44.0 Å². The molecule has 0 saturated carbocycles. The Labute approximate surface area is 72.4 Å². The molecule has 1 N–H and O–H groups in total. The normalized spacial score (nSPS) is 10.9. The number of aromatic amines is 1. The minimum Gasteiger partial charge on any atom is -0.358 e. The number of hydrogen-bond donors (Lipinski definition) is 1. The minimum atomic E-state index is 1.23. The van der Waals surface area contributed by atoms with Crippen molar-refractivity contribution in [3.63, 3.8) is 0 Å². The lowest BCUT2D eigenvalue weighted by molar-refractivity contribution is 1.28. The molecule has 1 heteroatoms. The van der Waals surface area contributed by atoms with E-state index in [1.807, 2.05) is 0 Å². The van der Waals surface area contributed by atoms with Crippen LogP contribution >= 0.6 is 0 Å². The molecular formula is C11H13N. The molecule has 12 heavy (non-hydrogen) atoms. The van der Waals surface area contributed by atoms with E-state index in [0.29, 0.717) is 0 Å². The first-order valence-electron chi connectivity index (χ1n) is 4.23. The van der Waals surface area contributed by atoms with Crippen LogP contribution in [0.3, 0.4) is 0 Å². The minimum absolute atomic E-state index is 1.23. The van der Waals surface area contributed by atoms with Gasteiger partial charge in [0.05, 0.1) is 0 Å². The van der Waals surface area contributed by atoms with Gasteiger partial charge < -0.3 is 4.98 Å². The van der Waals surface area contributed by atoms with Crippen LogP contribution < -0.4 is 0 Å². The van der Waals surface area contributed by atoms with E-state index in [-0.39, 0.29) is 0 Å². The third kappa shape index (κ3) is 1.02.